The van der Waals surface area contributed by atoms with Gasteiger partial charge < -0.3 is 9.47 Å². The first-order valence-corrected chi connectivity index (χ1v) is 11.4. The van der Waals surface area contributed by atoms with Crippen LogP contribution in [0.3, 0.4) is 0 Å². The van der Waals surface area contributed by atoms with Crippen molar-refractivity contribution in [1.29, 1.82) is 0 Å². The molecular weight excluding hydrogens is 406 g/mol. The molecule has 1 saturated carbocycles. The van der Waals surface area contributed by atoms with E-state index in [0.717, 1.165) is 11.3 Å². The Balaban J connectivity index is 1.45. The van der Waals surface area contributed by atoms with E-state index in [4.69, 9.17) is 9.47 Å². The van der Waals surface area contributed by atoms with Gasteiger partial charge in [-0.2, -0.15) is 0 Å². The van der Waals surface area contributed by atoms with Crippen LogP contribution in [0.2, 0.25) is 0 Å². The zero-order valence-corrected chi connectivity index (χ0v) is 18.4. The first-order valence-electron chi connectivity index (χ1n) is 11.4. The van der Waals surface area contributed by atoms with Gasteiger partial charge in [-0.3, -0.25) is 19.3 Å². The summed E-state index contributed by atoms with van der Waals surface area (Å²) in [5.41, 5.74) is 1.61. The van der Waals surface area contributed by atoms with Gasteiger partial charge in [0.1, 0.15) is 11.9 Å². The maximum atomic E-state index is 12.7. The van der Waals surface area contributed by atoms with Crippen LogP contribution in [-0.4, -0.2) is 36.3 Å². The van der Waals surface area contributed by atoms with Crippen molar-refractivity contribution in [1.82, 2.24) is 4.90 Å². The third-order valence-corrected chi connectivity index (χ3v) is 6.46. The van der Waals surface area contributed by atoms with Crippen molar-refractivity contribution < 1.29 is 23.9 Å². The molecule has 2 aromatic carbocycles. The van der Waals surface area contributed by atoms with Crippen LogP contribution in [0.4, 0.5) is 0 Å². The molecule has 168 valence electrons. The Hall–Kier alpha value is -3.15. The van der Waals surface area contributed by atoms with Crippen molar-refractivity contribution in [3.8, 4) is 5.75 Å². The van der Waals surface area contributed by atoms with Crippen LogP contribution >= 0.6 is 0 Å². The Morgan fingerprint density at radius 1 is 1.00 bits per heavy atom. The fourth-order valence-electron chi connectivity index (χ4n) is 4.74. The lowest BCUT2D eigenvalue weighted by atomic mass is 9.90. The highest BCUT2D eigenvalue weighted by Gasteiger charge is 2.37. The van der Waals surface area contributed by atoms with Gasteiger partial charge in [-0.25, -0.2) is 0 Å². The fourth-order valence-corrected chi connectivity index (χ4v) is 4.74. The molecule has 0 aromatic heterocycles. The summed E-state index contributed by atoms with van der Waals surface area (Å²) in [5.74, 6) is 0.400. The quantitative estimate of drug-likeness (QED) is 0.418. The Labute approximate surface area is 188 Å². The highest BCUT2D eigenvalue weighted by Crippen LogP contribution is 2.32. The van der Waals surface area contributed by atoms with Gasteiger partial charge in [0.2, 0.25) is 0 Å². The molecule has 1 fully saturated rings. The smallest absolute Gasteiger partial charge is 0.293 e. The fraction of sp³-hybridized carbons (Fsp3) is 0.423. The molecule has 1 aliphatic carbocycles. The van der Waals surface area contributed by atoms with Crippen molar-refractivity contribution in [3.63, 3.8) is 0 Å². The summed E-state index contributed by atoms with van der Waals surface area (Å²) in [6.07, 6.45) is 5.64. The number of hydrogen-bond acceptors (Lipinski definition) is 5. The highest BCUT2D eigenvalue weighted by atomic mass is 16.5. The van der Waals surface area contributed by atoms with Gasteiger partial charge in [-0.15, -0.1) is 0 Å². The second-order valence-corrected chi connectivity index (χ2v) is 8.78. The Kier molecular flexibility index (Phi) is 6.88. The normalized spacial score (nSPS) is 18.2. The lowest BCUT2D eigenvalue weighted by Gasteiger charge is -2.27. The van der Waals surface area contributed by atoms with E-state index >= 15 is 0 Å². The first-order chi connectivity index (χ1) is 15.6. The second-order valence-electron chi connectivity index (χ2n) is 8.78. The summed E-state index contributed by atoms with van der Waals surface area (Å²) >= 11 is 0. The van der Waals surface area contributed by atoms with Crippen LogP contribution in [0, 0.1) is 11.8 Å². The number of amides is 2. The minimum atomic E-state index is -0.602. The molecule has 2 aromatic rings. The standard InChI is InChI=1S/C26H29NO5/c1-18(15-27-25(29)22-12-5-6-13-23(22)26(27)30)24(32-17-28)20-10-7-11-21(14-20)31-16-19-8-3-2-4-9-19/h5-7,10-14,17-19,24H,2-4,8-9,15-16H2,1H3/t18-,24+/m0/s1. The molecule has 6 heteroatoms. The van der Waals surface area contributed by atoms with Crippen LogP contribution in [0.1, 0.15) is 71.4 Å². The predicted molar refractivity (Wildman–Crippen MR) is 119 cm³/mol. The molecule has 0 saturated heterocycles. The molecule has 1 heterocycles. The largest absolute Gasteiger partial charge is 0.493 e. The van der Waals surface area contributed by atoms with Crippen molar-refractivity contribution in [3.05, 3.63) is 65.2 Å². The Morgan fingerprint density at radius 2 is 1.69 bits per heavy atom. The molecule has 32 heavy (non-hydrogen) atoms. The van der Waals surface area contributed by atoms with Crippen molar-refractivity contribution in [2.45, 2.75) is 45.1 Å². The maximum Gasteiger partial charge on any atom is 0.293 e. The maximum absolute atomic E-state index is 12.7. The van der Waals surface area contributed by atoms with Gasteiger partial charge in [-0.1, -0.05) is 50.5 Å². The zero-order chi connectivity index (χ0) is 22.5. The number of fused-ring (bicyclic) bond motifs is 1. The van der Waals surface area contributed by atoms with Crippen LogP contribution in [0.5, 0.6) is 5.75 Å². The summed E-state index contributed by atoms with van der Waals surface area (Å²) in [5, 5.41) is 0. The molecule has 2 amide bonds. The Morgan fingerprint density at radius 3 is 2.34 bits per heavy atom. The number of imide groups is 1. The minimum absolute atomic E-state index is 0.151. The lowest BCUT2D eigenvalue weighted by molar-refractivity contribution is -0.136. The van der Waals surface area contributed by atoms with Gasteiger partial charge in [0, 0.05) is 12.5 Å². The molecule has 0 unspecified atom stereocenters. The number of hydrogen-bond donors (Lipinski definition) is 0. The molecule has 0 radical (unpaired) electrons. The topological polar surface area (TPSA) is 72.9 Å². The summed E-state index contributed by atoms with van der Waals surface area (Å²) in [4.78, 5) is 37.9. The van der Waals surface area contributed by atoms with Crippen LogP contribution in [-0.2, 0) is 9.53 Å². The number of carbonyl (C=O) groups is 3. The predicted octanol–water partition coefficient (Wildman–Crippen LogP) is 4.79. The number of nitrogens with zero attached hydrogens (tertiary/aromatic N) is 1. The molecule has 6 nitrogen and oxygen atoms in total. The zero-order valence-electron chi connectivity index (χ0n) is 18.4. The van der Waals surface area contributed by atoms with E-state index in [1.165, 1.54) is 37.0 Å². The first kappa shape index (κ1) is 22.1. The van der Waals surface area contributed by atoms with E-state index in [0.29, 0.717) is 30.1 Å². The van der Waals surface area contributed by atoms with E-state index in [1.807, 2.05) is 31.2 Å². The van der Waals surface area contributed by atoms with Crippen LogP contribution < -0.4 is 4.74 Å². The number of ether oxygens (including phenoxy) is 2. The molecule has 0 bridgehead atoms. The summed E-state index contributed by atoms with van der Waals surface area (Å²) in [6.45, 7) is 3.12. The third kappa shape index (κ3) is 4.69. The van der Waals surface area contributed by atoms with E-state index in [-0.39, 0.29) is 24.3 Å². The highest BCUT2D eigenvalue weighted by molar-refractivity contribution is 6.21. The van der Waals surface area contributed by atoms with Gasteiger partial charge in [0.05, 0.1) is 17.7 Å². The number of carbonyl (C=O) groups excluding carboxylic acids is 3. The van der Waals surface area contributed by atoms with Crippen molar-refractivity contribution in [2.24, 2.45) is 11.8 Å². The number of rotatable bonds is 9. The van der Waals surface area contributed by atoms with Crippen LogP contribution in [0.25, 0.3) is 0 Å². The molecule has 2 atom stereocenters. The van der Waals surface area contributed by atoms with Gasteiger partial charge in [-0.05, 0) is 48.6 Å². The van der Waals surface area contributed by atoms with E-state index in [1.54, 1.807) is 24.3 Å². The average molecular weight is 436 g/mol. The van der Waals surface area contributed by atoms with Crippen LogP contribution in [0.15, 0.2) is 48.5 Å². The molecule has 1 aliphatic heterocycles. The summed E-state index contributed by atoms with van der Waals surface area (Å²) < 4.78 is 11.5. The van der Waals surface area contributed by atoms with E-state index in [2.05, 4.69) is 0 Å². The minimum Gasteiger partial charge on any atom is -0.493 e. The van der Waals surface area contributed by atoms with Gasteiger partial charge in [0.15, 0.2) is 0 Å². The average Bonchev–Trinajstić information content (AvgIpc) is 3.07. The van der Waals surface area contributed by atoms with Crippen molar-refractivity contribution in [2.75, 3.05) is 13.2 Å². The second kappa shape index (κ2) is 9.98. The molecular formula is C26H29NO5. The van der Waals surface area contributed by atoms with Gasteiger partial charge in [0.25, 0.3) is 18.3 Å². The van der Waals surface area contributed by atoms with E-state index < -0.39 is 6.10 Å². The molecule has 2 aliphatic rings. The Bertz CT molecular complexity index is 947. The summed E-state index contributed by atoms with van der Waals surface area (Å²) in [7, 11) is 0. The molecule has 0 N–H and O–H groups in total. The number of benzene rings is 2. The van der Waals surface area contributed by atoms with E-state index in [9.17, 15) is 14.4 Å². The monoisotopic (exact) mass is 435 g/mol. The SMILES string of the molecule is C[C@@H](CN1C(=O)c2ccccc2C1=O)[C@@H](OC=O)c1cccc(OCC2CCCCC2)c1. The molecule has 0 spiro atoms. The lowest BCUT2D eigenvalue weighted by Crippen LogP contribution is -2.36. The third-order valence-electron chi connectivity index (χ3n) is 6.46. The molecule has 4 rings (SSSR count). The van der Waals surface area contributed by atoms with Crippen molar-refractivity contribution >= 4 is 18.3 Å². The van der Waals surface area contributed by atoms with Gasteiger partial charge >= 0.3 is 0 Å². The summed E-state index contributed by atoms with van der Waals surface area (Å²) in [6, 6.07) is 14.3.